The molecule has 0 spiro atoms. The smallest absolute Gasteiger partial charge is 0.287 e. The summed E-state index contributed by atoms with van der Waals surface area (Å²) in [5.41, 5.74) is 2.22. The minimum atomic E-state index is -1.06. The predicted octanol–water partition coefficient (Wildman–Crippen LogP) is 3.18. The van der Waals surface area contributed by atoms with Gasteiger partial charge in [0, 0.05) is 22.6 Å². The van der Waals surface area contributed by atoms with Gasteiger partial charge in [-0.1, -0.05) is 29.8 Å². The summed E-state index contributed by atoms with van der Waals surface area (Å²) in [6.07, 6.45) is 0. The molecule has 0 radical (unpaired) electrons. The van der Waals surface area contributed by atoms with E-state index in [4.69, 9.17) is 4.42 Å². The molecule has 0 fully saturated rings. The van der Waals surface area contributed by atoms with Gasteiger partial charge in [-0.15, -0.1) is 0 Å². The molecule has 1 atom stereocenters. The molecule has 22 heavy (non-hydrogen) atoms. The lowest BCUT2D eigenvalue weighted by Crippen LogP contribution is -2.29. The van der Waals surface area contributed by atoms with Crippen molar-refractivity contribution >= 4 is 16.7 Å². The summed E-state index contributed by atoms with van der Waals surface area (Å²) in [7, 11) is -1.06. The summed E-state index contributed by atoms with van der Waals surface area (Å²) in [6, 6.07) is 11.4. The molecular weight excluding hydrogens is 298 g/mol. The van der Waals surface area contributed by atoms with Gasteiger partial charge in [0.1, 0.15) is 5.76 Å². The Morgan fingerprint density at radius 2 is 1.82 bits per heavy atom. The fourth-order valence-electron chi connectivity index (χ4n) is 1.99. The zero-order chi connectivity index (χ0) is 16.1. The number of amides is 1. The Bertz CT molecular complexity index is 659. The van der Waals surface area contributed by atoms with Crippen LogP contribution in [0.5, 0.6) is 0 Å². The first kappa shape index (κ1) is 16.5. The summed E-state index contributed by atoms with van der Waals surface area (Å²) in [6.45, 7) is 5.80. The molecule has 1 aromatic heterocycles. The monoisotopic (exact) mass is 319 g/mol. The van der Waals surface area contributed by atoms with Gasteiger partial charge in [0.25, 0.3) is 5.91 Å². The van der Waals surface area contributed by atoms with Crippen molar-refractivity contribution < 1.29 is 13.4 Å². The summed E-state index contributed by atoms with van der Waals surface area (Å²) < 4.78 is 17.6. The molecule has 1 unspecified atom stereocenters. The molecule has 1 N–H and O–H groups in total. The minimum Gasteiger partial charge on any atom is -0.455 e. The third-order valence-corrected chi connectivity index (χ3v) is 4.32. The zero-order valence-electron chi connectivity index (χ0n) is 13.1. The van der Waals surface area contributed by atoms with Gasteiger partial charge in [0.2, 0.25) is 0 Å². The molecule has 0 saturated carbocycles. The quantitative estimate of drug-likeness (QED) is 0.889. The highest BCUT2D eigenvalue weighted by Gasteiger charge is 2.13. The zero-order valence-corrected chi connectivity index (χ0v) is 13.9. The Balaban J connectivity index is 1.93. The van der Waals surface area contributed by atoms with Crippen molar-refractivity contribution in [3.05, 3.63) is 59.0 Å². The van der Waals surface area contributed by atoms with E-state index >= 15 is 0 Å². The maximum absolute atomic E-state index is 12.2. The van der Waals surface area contributed by atoms with Gasteiger partial charge >= 0.3 is 0 Å². The van der Waals surface area contributed by atoms with Gasteiger partial charge < -0.3 is 9.73 Å². The van der Waals surface area contributed by atoms with Crippen LogP contribution in [-0.2, 0) is 22.3 Å². The number of aryl methyl sites for hydroxylation is 1. The van der Waals surface area contributed by atoms with Crippen molar-refractivity contribution in [2.24, 2.45) is 0 Å². The highest BCUT2D eigenvalue weighted by Crippen LogP contribution is 2.13. The number of rotatable bonds is 6. The van der Waals surface area contributed by atoms with E-state index in [2.05, 4.69) is 5.32 Å². The van der Waals surface area contributed by atoms with E-state index in [1.165, 1.54) is 5.56 Å². The fraction of sp³-hybridized carbons (Fsp3) is 0.353. The van der Waals surface area contributed by atoms with Crippen LogP contribution in [0.3, 0.4) is 0 Å². The van der Waals surface area contributed by atoms with E-state index in [9.17, 15) is 9.00 Å². The van der Waals surface area contributed by atoms with Crippen molar-refractivity contribution in [3.8, 4) is 0 Å². The van der Waals surface area contributed by atoms with Crippen LogP contribution < -0.4 is 5.32 Å². The lowest BCUT2D eigenvalue weighted by molar-refractivity contribution is 0.0913. The Labute approximate surface area is 133 Å². The van der Waals surface area contributed by atoms with E-state index in [0.717, 1.165) is 5.56 Å². The van der Waals surface area contributed by atoms with Crippen LogP contribution in [0, 0.1) is 6.92 Å². The Morgan fingerprint density at radius 1 is 1.14 bits per heavy atom. The van der Waals surface area contributed by atoms with E-state index in [0.29, 0.717) is 17.3 Å². The fourth-order valence-corrected chi connectivity index (χ4v) is 3.13. The summed E-state index contributed by atoms with van der Waals surface area (Å²) in [5, 5.41) is 2.76. The second-order valence-corrected chi connectivity index (χ2v) is 7.07. The summed E-state index contributed by atoms with van der Waals surface area (Å²) >= 11 is 0. The van der Waals surface area contributed by atoms with E-state index < -0.39 is 10.8 Å². The van der Waals surface area contributed by atoms with Crippen LogP contribution >= 0.6 is 0 Å². The SMILES string of the molecule is Cc1ccc(CS(=O)Cc2ccc(C(=O)NC(C)C)o2)cc1. The van der Waals surface area contributed by atoms with Crippen LogP contribution in [0.4, 0.5) is 0 Å². The maximum Gasteiger partial charge on any atom is 0.287 e. The highest BCUT2D eigenvalue weighted by atomic mass is 32.2. The number of furan rings is 1. The maximum atomic E-state index is 12.2. The Hall–Kier alpha value is -1.88. The van der Waals surface area contributed by atoms with Gasteiger partial charge in [-0.25, -0.2) is 0 Å². The molecule has 2 rings (SSSR count). The molecule has 0 saturated heterocycles. The number of nitrogens with one attached hydrogen (secondary N) is 1. The number of hydrogen-bond acceptors (Lipinski definition) is 3. The molecule has 118 valence electrons. The highest BCUT2D eigenvalue weighted by molar-refractivity contribution is 7.83. The number of benzene rings is 1. The Kier molecular flexibility index (Phi) is 5.55. The van der Waals surface area contributed by atoms with Crippen molar-refractivity contribution in [1.82, 2.24) is 5.32 Å². The summed E-state index contributed by atoms with van der Waals surface area (Å²) in [4.78, 5) is 11.8. The molecule has 0 aliphatic heterocycles. The minimum absolute atomic E-state index is 0.0525. The van der Waals surface area contributed by atoms with E-state index in [-0.39, 0.29) is 17.7 Å². The number of hydrogen-bond donors (Lipinski definition) is 1. The van der Waals surface area contributed by atoms with Crippen LogP contribution in [0.1, 0.15) is 41.3 Å². The normalized spacial score (nSPS) is 12.4. The van der Waals surface area contributed by atoms with Crippen molar-refractivity contribution in [2.45, 2.75) is 38.3 Å². The van der Waals surface area contributed by atoms with Gasteiger partial charge in [0.15, 0.2) is 5.76 Å². The molecule has 0 aliphatic rings. The molecule has 0 aliphatic carbocycles. The van der Waals surface area contributed by atoms with Crippen molar-refractivity contribution in [2.75, 3.05) is 0 Å². The standard InChI is InChI=1S/C17H21NO3S/c1-12(2)18-17(19)16-9-8-15(21-16)11-22(20)10-14-6-4-13(3)5-7-14/h4-9,12H,10-11H2,1-3H3,(H,18,19). The van der Waals surface area contributed by atoms with Crippen LogP contribution in [0.15, 0.2) is 40.8 Å². The topological polar surface area (TPSA) is 59.3 Å². The summed E-state index contributed by atoms with van der Waals surface area (Å²) in [5.74, 6) is 1.37. The lowest BCUT2D eigenvalue weighted by Gasteiger charge is -2.05. The number of carbonyl (C=O) groups is 1. The first-order chi connectivity index (χ1) is 10.4. The second-order valence-electron chi connectivity index (χ2n) is 5.61. The van der Waals surface area contributed by atoms with E-state index in [1.807, 2.05) is 45.0 Å². The molecule has 0 bridgehead atoms. The average molecular weight is 319 g/mol. The van der Waals surface area contributed by atoms with Crippen LogP contribution in [0.2, 0.25) is 0 Å². The molecular formula is C17H21NO3S. The largest absolute Gasteiger partial charge is 0.455 e. The lowest BCUT2D eigenvalue weighted by atomic mass is 10.2. The first-order valence-corrected chi connectivity index (χ1v) is 8.73. The third kappa shape index (κ3) is 4.84. The van der Waals surface area contributed by atoms with Gasteiger partial charge in [0.05, 0.1) is 5.75 Å². The van der Waals surface area contributed by atoms with Gasteiger partial charge in [-0.3, -0.25) is 9.00 Å². The van der Waals surface area contributed by atoms with Crippen molar-refractivity contribution in [3.63, 3.8) is 0 Å². The molecule has 5 heteroatoms. The van der Waals surface area contributed by atoms with Crippen LogP contribution in [0.25, 0.3) is 0 Å². The molecule has 4 nitrogen and oxygen atoms in total. The second kappa shape index (κ2) is 7.40. The number of carbonyl (C=O) groups excluding carboxylic acids is 1. The van der Waals surface area contributed by atoms with E-state index in [1.54, 1.807) is 12.1 Å². The van der Waals surface area contributed by atoms with Gasteiger partial charge in [-0.05, 0) is 38.5 Å². The predicted molar refractivity (Wildman–Crippen MR) is 88.0 cm³/mol. The molecule has 1 heterocycles. The molecule has 1 amide bonds. The Morgan fingerprint density at radius 3 is 2.45 bits per heavy atom. The molecule has 1 aromatic carbocycles. The van der Waals surface area contributed by atoms with Crippen LogP contribution in [-0.4, -0.2) is 16.2 Å². The average Bonchev–Trinajstić information content (AvgIpc) is 2.89. The first-order valence-electron chi connectivity index (χ1n) is 7.24. The van der Waals surface area contributed by atoms with Crippen molar-refractivity contribution in [1.29, 1.82) is 0 Å². The molecule has 2 aromatic rings. The van der Waals surface area contributed by atoms with Gasteiger partial charge in [-0.2, -0.15) is 0 Å². The third-order valence-electron chi connectivity index (χ3n) is 3.06.